The molecule has 0 aromatic heterocycles. The van der Waals surface area contributed by atoms with Crippen molar-refractivity contribution in [1.82, 2.24) is 10.2 Å². The minimum absolute atomic E-state index is 0.0299. The molecule has 2 aromatic carbocycles. The van der Waals surface area contributed by atoms with Crippen LogP contribution in [0.25, 0.3) is 0 Å². The molecule has 0 saturated carbocycles. The molecule has 1 atom stereocenters. The Morgan fingerprint density at radius 1 is 1.18 bits per heavy atom. The normalized spacial score (nSPS) is 19.8. The second kappa shape index (κ2) is 8.79. The van der Waals surface area contributed by atoms with Crippen LogP contribution in [0.1, 0.15) is 51.1 Å². The molecule has 168 valence electrons. The maximum Gasteiger partial charge on any atom is 0.335 e. The Morgan fingerprint density at radius 3 is 2.64 bits per heavy atom. The number of fused-ring (bicyclic) bond motifs is 1. The zero-order valence-electron chi connectivity index (χ0n) is 18.0. The fourth-order valence-electron chi connectivity index (χ4n) is 4.09. The van der Waals surface area contributed by atoms with Crippen LogP contribution in [0, 0.1) is 17.3 Å². The van der Waals surface area contributed by atoms with Crippen LogP contribution in [-0.4, -0.2) is 47.4 Å². The fraction of sp³-hybridized carbons (Fsp3) is 0.280. The molecule has 8 heteroatoms. The van der Waals surface area contributed by atoms with Crippen LogP contribution in [0.5, 0.6) is 5.75 Å². The van der Waals surface area contributed by atoms with Gasteiger partial charge in [-0.25, -0.2) is 4.79 Å². The van der Waals surface area contributed by atoms with Gasteiger partial charge in [0.1, 0.15) is 11.2 Å². The van der Waals surface area contributed by atoms with E-state index in [1.807, 2.05) is 6.07 Å². The standard InChI is InChI=1S/C25H22N2O6/c1-33-19-9-8-18-14-27(22(29)20(18)13-19)15-25(11-2-3-21(28)26-24(25)32)12-10-16-4-6-17(7-5-16)23(30)31/h4-9,13H,2-3,11,14-15H2,1H3,(H,30,31)(H,26,28,32). The minimum Gasteiger partial charge on any atom is -0.497 e. The third-order valence-electron chi connectivity index (χ3n) is 5.93. The number of amides is 3. The van der Waals surface area contributed by atoms with E-state index in [-0.39, 0.29) is 30.3 Å². The van der Waals surface area contributed by atoms with Crippen molar-refractivity contribution >= 4 is 23.7 Å². The number of methoxy groups -OCH3 is 1. The van der Waals surface area contributed by atoms with Crippen molar-refractivity contribution in [1.29, 1.82) is 0 Å². The van der Waals surface area contributed by atoms with Crippen LogP contribution in [0.15, 0.2) is 42.5 Å². The molecule has 0 aliphatic carbocycles. The minimum atomic E-state index is -1.28. The van der Waals surface area contributed by atoms with Gasteiger partial charge in [0, 0.05) is 30.6 Å². The van der Waals surface area contributed by atoms with Gasteiger partial charge in [-0.1, -0.05) is 17.9 Å². The molecule has 1 fully saturated rings. The van der Waals surface area contributed by atoms with Crippen LogP contribution < -0.4 is 10.1 Å². The SMILES string of the molecule is COc1ccc2c(c1)C(=O)N(CC1(C#Cc3ccc(C(=O)O)cc3)CCCC(=O)NC1=O)C2. The van der Waals surface area contributed by atoms with Gasteiger partial charge in [0.15, 0.2) is 0 Å². The highest BCUT2D eigenvalue weighted by molar-refractivity contribution is 6.02. The summed E-state index contributed by atoms with van der Waals surface area (Å²) >= 11 is 0. The monoisotopic (exact) mass is 446 g/mol. The Hall–Kier alpha value is -4.12. The van der Waals surface area contributed by atoms with Crippen LogP contribution >= 0.6 is 0 Å². The Bertz CT molecular complexity index is 1210. The lowest BCUT2D eigenvalue weighted by molar-refractivity contribution is -0.133. The quantitative estimate of drug-likeness (QED) is 0.550. The number of benzene rings is 2. The molecule has 0 spiro atoms. The van der Waals surface area contributed by atoms with E-state index >= 15 is 0 Å². The molecule has 1 saturated heterocycles. The molecule has 0 bridgehead atoms. The van der Waals surface area contributed by atoms with E-state index in [1.54, 1.807) is 29.2 Å². The maximum absolute atomic E-state index is 13.1. The highest BCUT2D eigenvalue weighted by atomic mass is 16.5. The number of carbonyl (C=O) groups excluding carboxylic acids is 3. The Labute approximate surface area is 190 Å². The molecule has 4 rings (SSSR count). The first-order valence-electron chi connectivity index (χ1n) is 10.5. The van der Waals surface area contributed by atoms with Crippen molar-refractivity contribution in [2.75, 3.05) is 13.7 Å². The summed E-state index contributed by atoms with van der Waals surface area (Å²) < 4.78 is 5.22. The molecule has 2 heterocycles. The van der Waals surface area contributed by atoms with E-state index in [4.69, 9.17) is 9.84 Å². The molecule has 3 amide bonds. The lowest BCUT2D eigenvalue weighted by atomic mass is 9.82. The maximum atomic E-state index is 13.1. The molecular formula is C25H22N2O6. The second-order valence-electron chi connectivity index (χ2n) is 8.13. The van der Waals surface area contributed by atoms with Gasteiger partial charge in [0.2, 0.25) is 11.8 Å². The number of nitrogens with one attached hydrogen (secondary N) is 1. The zero-order chi connectivity index (χ0) is 23.6. The number of aromatic carboxylic acids is 1. The summed E-state index contributed by atoms with van der Waals surface area (Å²) in [7, 11) is 1.53. The van der Waals surface area contributed by atoms with Crippen molar-refractivity contribution in [3.63, 3.8) is 0 Å². The number of carboxylic acids is 1. The number of ether oxygens (including phenoxy) is 1. The van der Waals surface area contributed by atoms with Crippen molar-refractivity contribution in [3.8, 4) is 17.6 Å². The largest absolute Gasteiger partial charge is 0.497 e. The summed E-state index contributed by atoms with van der Waals surface area (Å²) in [5.41, 5.74) is 0.733. The molecule has 33 heavy (non-hydrogen) atoms. The number of hydrogen-bond donors (Lipinski definition) is 2. The molecule has 2 aliphatic rings. The van der Waals surface area contributed by atoms with E-state index in [1.165, 1.54) is 19.2 Å². The summed E-state index contributed by atoms with van der Waals surface area (Å²) in [6, 6.07) is 11.3. The van der Waals surface area contributed by atoms with E-state index in [9.17, 15) is 19.2 Å². The van der Waals surface area contributed by atoms with Gasteiger partial charge < -0.3 is 14.7 Å². The molecule has 1 unspecified atom stereocenters. The summed E-state index contributed by atoms with van der Waals surface area (Å²) in [6.45, 7) is 0.359. The van der Waals surface area contributed by atoms with E-state index in [2.05, 4.69) is 17.2 Å². The summed E-state index contributed by atoms with van der Waals surface area (Å²) in [5.74, 6) is 4.39. The Kier molecular flexibility index (Phi) is 5.88. The highest BCUT2D eigenvalue weighted by Crippen LogP contribution is 2.33. The molecule has 2 aliphatic heterocycles. The van der Waals surface area contributed by atoms with Gasteiger partial charge in [0.25, 0.3) is 5.91 Å². The van der Waals surface area contributed by atoms with Crippen LogP contribution in [0.4, 0.5) is 0 Å². The van der Waals surface area contributed by atoms with Crippen LogP contribution in [0.2, 0.25) is 0 Å². The average molecular weight is 446 g/mol. The summed E-state index contributed by atoms with van der Waals surface area (Å²) in [5, 5.41) is 11.5. The van der Waals surface area contributed by atoms with Crippen molar-refractivity contribution in [2.45, 2.75) is 25.8 Å². The third-order valence-corrected chi connectivity index (χ3v) is 5.93. The average Bonchev–Trinajstić information content (AvgIpc) is 3.03. The Balaban J connectivity index is 1.66. The number of hydrogen-bond acceptors (Lipinski definition) is 5. The number of rotatable bonds is 4. The predicted octanol–water partition coefficient (Wildman–Crippen LogP) is 2.21. The second-order valence-corrected chi connectivity index (χ2v) is 8.13. The van der Waals surface area contributed by atoms with E-state index in [0.29, 0.717) is 36.3 Å². The lowest BCUT2D eigenvalue weighted by Gasteiger charge is -2.30. The fourth-order valence-corrected chi connectivity index (χ4v) is 4.09. The number of carbonyl (C=O) groups is 4. The molecule has 2 aromatic rings. The third kappa shape index (κ3) is 4.44. The number of imide groups is 1. The van der Waals surface area contributed by atoms with Gasteiger partial charge >= 0.3 is 5.97 Å². The summed E-state index contributed by atoms with van der Waals surface area (Å²) in [4.78, 5) is 50.8. The zero-order valence-corrected chi connectivity index (χ0v) is 18.0. The molecule has 8 nitrogen and oxygen atoms in total. The van der Waals surface area contributed by atoms with Crippen molar-refractivity contribution in [3.05, 3.63) is 64.7 Å². The number of carboxylic acid groups (broad SMARTS) is 1. The van der Waals surface area contributed by atoms with Gasteiger partial charge in [-0.15, -0.1) is 0 Å². The van der Waals surface area contributed by atoms with Crippen LogP contribution in [-0.2, 0) is 16.1 Å². The topological polar surface area (TPSA) is 113 Å². The summed E-state index contributed by atoms with van der Waals surface area (Å²) in [6.07, 6.45) is 0.967. The van der Waals surface area contributed by atoms with Crippen molar-refractivity contribution < 1.29 is 29.0 Å². The first-order chi connectivity index (χ1) is 15.8. The molecule has 0 radical (unpaired) electrons. The van der Waals surface area contributed by atoms with Gasteiger partial charge in [-0.3, -0.25) is 19.7 Å². The van der Waals surface area contributed by atoms with Gasteiger partial charge in [0.05, 0.1) is 12.7 Å². The first kappa shape index (κ1) is 22.1. The smallest absolute Gasteiger partial charge is 0.335 e. The molecular weight excluding hydrogens is 424 g/mol. The lowest BCUT2D eigenvalue weighted by Crippen LogP contribution is -2.48. The predicted molar refractivity (Wildman–Crippen MR) is 117 cm³/mol. The van der Waals surface area contributed by atoms with Crippen LogP contribution in [0.3, 0.4) is 0 Å². The van der Waals surface area contributed by atoms with Gasteiger partial charge in [-0.05, 0) is 54.8 Å². The Morgan fingerprint density at radius 2 is 1.94 bits per heavy atom. The first-order valence-corrected chi connectivity index (χ1v) is 10.5. The van der Waals surface area contributed by atoms with Crippen molar-refractivity contribution in [2.24, 2.45) is 5.41 Å². The molecule has 2 N–H and O–H groups in total. The number of nitrogens with zero attached hydrogens (tertiary/aromatic N) is 1. The highest BCUT2D eigenvalue weighted by Gasteiger charge is 2.43. The van der Waals surface area contributed by atoms with E-state index < -0.39 is 17.3 Å². The van der Waals surface area contributed by atoms with E-state index in [0.717, 1.165) is 5.56 Å². The van der Waals surface area contributed by atoms with Gasteiger partial charge in [-0.2, -0.15) is 0 Å².